The number of aliphatic hydroxyl groups is 1. The normalized spacial score (nSPS) is 25.9. The Hall–Kier alpha value is -0.910. The van der Waals surface area contributed by atoms with Gasteiger partial charge >= 0.3 is 0 Å². The lowest BCUT2D eigenvalue weighted by Gasteiger charge is -2.15. The zero-order chi connectivity index (χ0) is 10.8. The molecule has 0 aliphatic carbocycles. The van der Waals surface area contributed by atoms with Crippen LogP contribution in [0.25, 0.3) is 0 Å². The van der Waals surface area contributed by atoms with Gasteiger partial charge in [-0.3, -0.25) is 0 Å². The number of hydrogen-bond acceptors (Lipinski definition) is 5. The molecule has 5 nitrogen and oxygen atoms in total. The molecule has 6 heteroatoms. The Bertz CT molecular complexity index is 350. The number of nitrogens with zero attached hydrogens (tertiary/aromatic N) is 3. The van der Waals surface area contributed by atoms with Crippen molar-refractivity contribution in [1.29, 1.82) is 0 Å². The first-order valence-corrected chi connectivity index (χ1v) is 5.02. The molecule has 0 radical (unpaired) electrons. The van der Waals surface area contributed by atoms with Crippen LogP contribution in [0.4, 0.5) is 5.82 Å². The highest BCUT2D eigenvalue weighted by atomic mass is 35.5. The average molecular weight is 230 g/mol. The van der Waals surface area contributed by atoms with Gasteiger partial charge in [-0.1, -0.05) is 11.6 Å². The number of methoxy groups -OCH3 is 1. The number of halogens is 1. The Labute approximate surface area is 92.7 Å². The fraction of sp³-hybridized carbons (Fsp3) is 0.556. The van der Waals surface area contributed by atoms with E-state index in [1.807, 2.05) is 4.90 Å². The third kappa shape index (κ3) is 2.19. The summed E-state index contributed by atoms with van der Waals surface area (Å²) in [4.78, 5) is 9.81. The Balaban J connectivity index is 2.13. The van der Waals surface area contributed by atoms with Crippen molar-refractivity contribution in [1.82, 2.24) is 9.97 Å². The maximum absolute atomic E-state index is 9.65. The van der Waals surface area contributed by atoms with Gasteiger partial charge in [0, 0.05) is 26.3 Å². The first-order valence-electron chi connectivity index (χ1n) is 4.64. The van der Waals surface area contributed by atoms with Crippen LogP contribution in [-0.2, 0) is 4.74 Å². The molecule has 1 aliphatic heterocycles. The lowest BCUT2D eigenvalue weighted by molar-refractivity contribution is 0.0217. The van der Waals surface area contributed by atoms with Gasteiger partial charge in [-0.25, -0.2) is 9.97 Å². The zero-order valence-electron chi connectivity index (χ0n) is 8.30. The van der Waals surface area contributed by atoms with Gasteiger partial charge < -0.3 is 14.7 Å². The summed E-state index contributed by atoms with van der Waals surface area (Å²) in [6, 6.07) is 1.67. The quantitative estimate of drug-likeness (QED) is 0.741. The lowest BCUT2D eigenvalue weighted by atomic mass is 10.3. The minimum atomic E-state index is -0.483. The van der Waals surface area contributed by atoms with Crippen molar-refractivity contribution >= 4 is 17.4 Å². The van der Waals surface area contributed by atoms with Crippen molar-refractivity contribution in [3.8, 4) is 0 Å². The fourth-order valence-corrected chi connectivity index (χ4v) is 1.81. The summed E-state index contributed by atoms with van der Waals surface area (Å²) >= 11 is 5.76. The molecule has 1 aromatic heterocycles. The van der Waals surface area contributed by atoms with Crippen LogP contribution in [-0.4, -0.2) is 47.5 Å². The van der Waals surface area contributed by atoms with Crippen LogP contribution in [0, 0.1) is 0 Å². The SMILES string of the molecule is COC1CN(c2cc(Cl)ncn2)CC1O. The molecule has 1 saturated heterocycles. The maximum atomic E-state index is 9.65. The van der Waals surface area contributed by atoms with Gasteiger partial charge in [-0.2, -0.15) is 0 Å². The standard InChI is InChI=1S/C9H12ClN3O2/c1-15-7-4-13(3-6(7)14)9-2-8(10)11-5-12-9/h2,5-7,14H,3-4H2,1H3. The lowest BCUT2D eigenvalue weighted by Crippen LogP contribution is -2.25. The van der Waals surface area contributed by atoms with E-state index in [1.54, 1.807) is 13.2 Å². The molecule has 2 heterocycles. The highest BCUT2D eigenvalue weighted by Crippen LogP contribution is 2.21. The van der Waals surface area contributed by atoms with E-state index in [1.165, 1.54) is 6.33 Å². The van der Waals surface area contributed by atoms with E-state index in [0.717, 1.165) is 0 Å². The van der Waals surface area contributed by atoms with Gasteiger partial charge in [-0.05, 0) is 0 Å². The second kappa shape index (κ2) is 4.30. The van der Waals surface area contributed by atoms with Crippen LogP contribution in [0.15, 0.2) is 12.4 Å². The van der Waals surface area contributed by atoms with Crippen molar-refractivity contribution in [3.63, 3.8) is 0 Å². The van der Waals surface area contributed by atoms with Crippen molar-refractivity contribution < 1.29 is 9.84 Å². The Kier molecular flexibility index (Phi) is 3.04. The summed E-state index contributed by atoms with van der Waals surface area (Å²) in [7, 11) is 1.59. The highest BCUT2D eigenvalue weighted by Gasteiger charge is 2.31. The number of ether oxygens (including phenoxy) is 1. The van der Waals surface area contributed by atoms with Crippen molar-refractivity contribution in [2.45, 2.75) is 12.2 Å². The van der Waals surface area contributed by atoms with Crippen LogP contribution >= 0.6 is 11.6 Å². The third-order valence-corrected chi connectivity index (χ3v) is 2.69. The Morgan fingerprint density at radius 3 is 2.93 bits per heavy atom. The molecule has 0 aromatic carbocycles. The molecule has 0 amide bonds. The predicted molar refractivity (Wildman–Crippen MR) is 56.1 cm³/mol. The molecule has 1 aromatic rings. The molecule has 0 spiro atoms. The van der Waals surface area contributed by atoms with Gasteiger partial charge in [0.1, 0.15) is 23.4 Å². The minimum absolute atomic E-state index is 0.168. The smallest absolute Gasteiger partial charge is 0.134 e. The Morgan fingerprint density at radius 2 is 2.33 bits per heavy atom. The van der Waals surface area contributed by atoms with E-state index < -0.39 is 6.10 Å². The van der Waals surface area contributed by atoms with E-state index in [0.29, 0.717) is 24.1 Å². The Morgan fingerprint density at radius 1 is 1.53 bits per heavy atom. The molecular formula is C9H12ClN3O2. The molecule has 2 rings (SSSR count). The monoisotopic (exact) mass is 229 g/mol. The topological polar surface area (TPSA) is 58.5 Å². The first-order chi connectivity index (χ1) is 7.20. The molecule has 82 valence electrons. The average Bonchev–Trinajstić information content (AvgIpc) is 2.60. The molecular weight excluding hydrogens is 218 g/mol. The molecule has 1 N–H and O–H groups in total. The second-order valence-corrected chi connectivity index (χ2v) is 3.83. The van der Waals surface area contributed by atoms with Crippen molar-refractivity contribution in [3.05, 3.63) is 17.5 Å². The number of anilines is 1. The van der Waals surface area contributed by atoms with Crippen LogP contribution < -0.4 is 4.90 Å². The van der Waals surface area contributed by atoms with E-state index in [2.05, 4.69) is 9.97 Å². The summed E-state index contributed by atoms with van der Waals surface area (Å²) in [6.07, 6.45) is 0.756. The van der Waals surface area contributed by atoms with E-state index in [4.69, 9.17) is 16.3 Å². The van der Waals surface area contributed by atoms with Gasteiger partial charge in [-0.15, -0.1) is 0 Å². The summed E-state index contributed by atoms with van der Waals surface area (Å²) in [6.45, 7) is 1.12. The van der Waals surface area contributed by atoms with Crippen LogP contribution in [0.1, 0.15) is 0 Å². The van der Waals surface area contributed by atoms with Gasteiger partial charge in [0.2, 0.25) is 0 Å². The molecule has 2 atom stereocenters. The number of aliphatic hydroxyl groups excluding tert-OH is 1. The first kappa shape index (κ1) is 10.6. The summed E-state index contributed by atoms with van der Waals surface area (Å²) < 4.78 is 5.14. The molecule has 0 saturated carbocycles. The van der Waals surface area contributed by atoms with Gasteiger partial charge in [0.25, 0.3) is 0 Å². The molecule has 1 fully saturated rings. The predicted octanol–water partition coefficient (Wildman–Crippen LogP) is 0.326. The third-order valence-electron chi connectivity index (χ3n) is 2.48. The number of β-amino-alcohol motifs (C(OH)–C–C–N with tert-alkyl or cyclic N) is 1. The molecule has 1 aliphatic rings. The van der Waals surface area contributed by atoms with Gasteiger partial charge in [0.15, 0.2) is 0 Å². The van der Waals surface area contributed by atoms with Crippen LogP contribution in [0.5, 0.6) is 0 Å². The largest absolute Gasteiger partial charge is 0.388 e. The summed E-state index contributed by atoms with van der Waals surface area (Å²) in [5.41, 5.74) is 0. The highest BCUT2D eigenvalue weighted by molar-refractivity contribution is 6.29. The summed E-state index contributed by atoms with van der Waals surface area (Å²) in [5.74, 6) is 0.716. The van der Waals surface area contributed by atoms with Gasteiger partial charge in [0.05, 0.1) is 6.10 Å². The van der Waals surface area contributed by atoms with Crippen molar-refractivity contribution in [2.24, 2.45) is 0 Å². The summed E-state index contributed by atoms with van der Waals surface area (Å²) in [5, 5.41) is 10.0. The number of aromatic nitrogens is 2. The van der Waals surface area contributed by atoms with Crippen LogP contribution in [0.3, 0.4) is 0 Å². The van der Waals surface area contributed by atoms with E-state index in [9.17, 15) is 5.11 Å². The van der Waals surface area contributed by atoms with E-state index >= 15 is 0 Å². The zero-order valence-corrected chi connectivity index (χ0v) is 9.05. The van der Waals surface area contributed by atoms with Crippen LogP contribution in [0.2, 0.25) is 5.15 Å². The molecule has 2 unspecified atom stereocenters. The fourth-order valence-electron chi connectivity index (χ4n) is 1.67. The number of rotatable bonds is 2. The maximum Gasteiger partial charge on any atom is 0.134 e. The minimum Gasteiger partial charge on any atom is -0.388 e. The second-order valence-electron chi connectivity index (χ2n) is 3.45. The molecule has 15 heavy (non-hydrogen) atoms. The van der Waals surface area contributed by atoms with E-state index in [-0.39, 0.29) is 6.10 Å². The number of hydrogen-bond donors (Lipinski definition) is 1. The molecule has 0 bridgehead atoms. The van der Waals surface area contributed by atoms with Crippen molar-refractivity contribution in [2.75, 3.05) is 25.1 Å².